The van der Waals surface area contributed by atoms with Gasteiger partial charge in [-0.1, -0.05) is 90.6 Å². The molecule has 0 saturated heterocycles. The Morgan fingerprint density at radius 3 is 2.45 bits per heavy atom. The van der Waals surface area contributed by atoms with E-state index in [1.807, 2.05) is 6.07 Å². The van der Waals surface area contributed by atoms with Crippen molar-refractivity contribution in [2.24, 2.45) is 5.92 Å². The molecule has 0 aliphatic heterocycles. The molecule has 1 aromatic heterocycles. The lowest BCUT2D eigenvalue weighted by Gasteiger charge is -2.42. The van der Waals surface area contributed by atoms with Crippen molar-refractivity contribution < 1.29 is 0 Å². The molecule has 3 aliphatic rings. The molecule has 8 rings (SSSR count). The molecule has 0 amide bonds. The van der Waals surface area contributed by atoms with Crippen molar-refractivity contribution in [2.45, 2.75) is 50.5 Å². The summed E-state index contributed by atoms with van der Waals surface area (Å²) in [6.07, 6.45) is 15.7. The fourth-order valence-electron chi connectivity index (χ4n) is 8.38. The topological polar surface area (TPSA) is 28.7 Å². The van der Waals surface area contributed by atoms with Gasteiger partial charge in [0.15, 0.2) is 0 Å². The molecule has 0 saturated carbocycles. The normalized spacial score (nSPS) is 24.4. The molecular formula is C40H34N2. The minimum atomic E-state index is -0.286. The molecule has 3 atom stereocenters. The summed E-state index contributed by atoms with van der Waals surface area (Å²) < 4.78 is 2.55. The monoisotopic (exact) mass is 542 g/mol. The fourth-order valence-corrected chi connectivity index (χ4v) is 8.38. The molecule has 1 heterocycles. The predicted octanol–water partition coefficient (Wildman–Crippen LogP) is 9.96. The zero-order valence-electron chi connectivity index (χ0n) is 24.3. The SMILES string of the molecule is CC1=CCC(C2(c3ccc4c(c3)c3ccccc3n4C3(C)C=CC=CC3)c3ccccc3-c3cc(C#N)ccc32)CC1. The van der Waals surface area contributed by atoms with Gasteiger partial charge in [0.05, 0.1) is 17.2 Å². The van der Waals surface area contributed by atoms with Crippen LogP contribution in [-0.2, 0) is 11.0 Å². The van der Waals surface area contributed by atoms with Crippen molar-refractivity contribution >= 4 is 21.8 Å². The van der Waals surface area contributed by atoms with E-state index >= 15 is 0 Å². The molecule has 204 valence electrons. The maximum Gasteiger partial charge on any atom is 0.0991 e. The van der Waals surface area contributed by atoms with Gasteiger partial charge in [0.2, 0.25) is 0 Å². The van der Waals surface area contributed by atoms with Crippen LogP contribution in [0.3, 0.4) is 0 Å². The van der Waals surface area contributed by atoms with Crippen molar-refractivity contribution in [1.82, 2.24) is 4.57 Å². The van der Waals surface area contributed by atoms with Crippen LogP contribution in [0.5, 0.6) is 0 Å². The Morgan fingerprint density at radius 2 is 1.64 bits per heavy atom. The number of nitriles is 1. The van der Waals surface area contributed by atoms with Crippen LogP contribution in [0.25, 0.3) is 32.9 Å². The molecule has 0 spiro atoms. The minimum absolute atomic E-state index is 0.124. The largest absolute Gasteiger partial charge is 0.331 e. The summed E-state index contributed by atoms with van der Waals surface area (Å²) in [6, 6.07) is 34.0. The lowest BCUT2D eigenvalue weighted by molar-refractivity contribution is 0.344. The van der Waals surface area contributed by atoms with Crippen LogP contribution in [0.15, 0.2) is 121 Å². The highest BCUT2D eigenvalue weighted by Crippen LogP contribution is 2.59. The number of rotatable bonds is 3. The number of nitrogens with zero attached hydrogens (tertiary/aromatic N) is 2. The molecule has 3 aliphatic carbocycles. The standard InChI is InChI=1S/C40H34N2/c1-27-14-17-29(18-15-27)40(35-12-6-4-10-31(35)33-24-28(26-41)16-20-36(33)40)30-19-21-38-34(25-30)32-11-5-7-13-37(32)42(38)39(2)22-8-3-9-23-39/h3-14,16,19-22,24-25,29H,15,17-18,23H2,1-2H3. The second-order valence-corrected chi connectivity index (χ2v) is 12.7. The highest BCUT2D eigenvalue weighted by Gasteiger charge is 2.50. The molecule has 42 heavy (non-hydrogen) atoms. The summed E-state index contributed by atoms with van der Waals surface area (Å²) in [7, 11) is 0. The first-order valence-electron chi connectivity index (χ1n) is 15.2. The Morgan fingerprint density at radius 1 is 0.833 bits per heavy atom. The number of fused-ring (bicyclic) bond motifs is 6. The molecule has 3 unspecified atom stereocenters. The van der Waals surface area contributed by atoms with Crippen LogP contribution in [-0.4, -0.2) is 4.57 Å². The van der Waals surface area contributed by atoms with Crippen LogP contribution in [0, 0.1) is 17.2 Å². The maximum absolute atomic E-state index is 9.82. The summed E-state index contributed by atoms with van der Waals surface area (Å²) in [6.45, 7) is 4.62. The Kier molecular flexibility index (Phi) is 5.50. The molecule has 4 aromatic carbocycles. The third-order valence-corrected chi connectivity index (χ3v) is 10.3. The summed E-state index contributed by atoms with van der Waals surface area (Å²) >= 11 is 0. The zero-order valence-corrected chi connectivity index (χ0v) is 24.3. The Hall–Kier alpha value is -4.61. The lowest BCUT2D eigenvalue weighted by atomic mass is 9.60. The minimum Gasteiger partial charge on any atom is -0.331 e. The van der Waals surface area contributed by atoms with Crippen LogP contribution >= 0.6 is 0 Å². The highest BCUT2D eigenvalue weighted by atomic mass is 15.1. The first-order valence-corrected chi connectivity index (χ1v) is 15.2. The Bertz CT molecular complexity index is 2040. The van der Waals surface area contributed by atoms with Gasteiger partial charge in [-0.05, 0) is 104 Å². The van der Waals surface area contributed by atoms with Gasteiger partial charge in [0.25, 0.3) is 0 Å². The van der Waals surface area contributed by atoms with E-state index in [2.05, 4.69) is 134 Å². The molecule has 0 fully saturated rings. The predicted molar refractivity (Wildman–Crippen MR) is 174 cm³/mol. The highest BCUT2D eigenvalue weighted by molar-refractivity contribution is 6.09. The van der Waals surface area contributed by atoms with Crippen LogP contribution in [0.4, 0.5) is 0 Å². The first kappa shape index (κ1) is 25.1. The van der Waals surface area contributed by atoms with Crippen molar-refractivity contribution in [1.29, 1.82) is 5.26 Å². The van der Waals surface area contributed by atoms with Gasteiger partial charge in [-0.3, -0.25) is 0 Å². The van der Waals surface area contributed by atoms with Gasteiger partial charge < -0.3 is 4.57 Å². The van der Waals surface area contributed by atoms with E-state index in [0.29, 0.717) is 5.92 Å². The Labute approximate surface area is 247 Å². The first-order chi connectivity index (χ1) is 20.5. The molecule has 0 radical (unpaired) electrons. The molecule has 2 nitrogen and oxygen atoms in total. The van der Waals surface area contributed by atoms with Crippen LogP contribution in [0.2, 0.25) is 0 Å². The fraction of sp³-hybridized carbons (Fsp3) is 0.225. The van der Waals surface area contributed by atoms with Gasteiger partial charge in [0.1, 0.15) is 0 Å². The van der Waals surface area contributed by atoms with Gasteiger partial charge >= 0.3 is 0 Å². The molecule has 5 aromatic rings. The van der Waals surface area contributed by atoms with Gasteiger partial charge in [-0.2, -0.15) is 5.26 Å². The molecule has 2 heteroatoms. The van der Waals surface area contributed by atoms with Crippen molar-refractivity contribution in [3.63, 3.8) is 0 Å². The van der Waals surface area contributed by atoms with Crippen molar-refractivity contribution in [3.05, 3.63) is 143 Å². The number of benzene rings is 4. The molecular weight excluding hydrogens is 508 g/mol. The van der Waals surface area contributed by atoms with E-state index in [9.17, 15) is 5.26 Å². The number of para-hydroxylation sites is 1. The lowest BCUT2D eigenvalue weighted by Crippen LogP contribution is -2.37. The van der Waals surface area contributed by atoms with Crippen molar-refractivity contribution in [2.75, 3.05) is 0 Å². The van der Waals surface area contributed by atoms with Gasteiger partial charge in [-0.15, -0.1) is 0 Å². The van der Waals surface area contributed by atoms with Crippen molar-refractivity contribution in [3.8, 4) is 17.2 Å². The van der Waals surface area contributed by atoms with E-state index in [-0.39, 0.29) is 11.0 Å². The third kappa shape index (κ3) is 3.37. The van der Waals surface area contributed by atoms with E-state index in [0.717, 1.165) is 31.2 Å². The second kappa shape index (κ2) is 9.20. The molecule has 0 N–H and O–H groups in total. The quantitative estimate of drug-likeness (QED) is 0.209. The Balaban J connectivity index is 1.46. The van der Waals surface area contributed by atoms with Gasteiger partial charge in [0, 0.05) is 27.2 Å². The number of aromatic nitrogens is 1. The number of hydrogen-bond donors (Lipinski definition) is 0. The number of allylic oxidation sites excluding steroid dienone is 6. The summed E-state index contributed by atoms with van der Waals surface area (Å²) in [5.41, 5.74) is 10.9. The average molecular weight is 543 g/mol. The maximum atomic E-state index is 9.82. The zero-order chi connectivity index (χ0) is 28.5. The smallest absolute Gasteiger partial charge is 0.0991 e. The van der Waals surface area contributed by atoms with E-state index in [1.54, 1.807) is 0 Å². The van der Waals surface area contributed by atoms with E-state index < -0.39 is 0 Å². The van der Waals surface area contributed by atoms with Crippen LogP contribution < -0.4 is 0 Å². The second-order valence-electron chi connectivity index (χ2n) is 12.7. The van der Waals surface area contributed by atoms with E-state index in [1.165, 1.54) is 55.2 Å². The third-order valence-electron chi connectivity index (χ3n) is 10.3. The molecule has 0 bridgehead atoms. The average Bonchev–Trinajstić information content (AvgIpc) is 3.52. The summed E-state index contributed by atoms with van der Waals surface area (Å²) in [5.74, 6) is 0.422. The summed E-state index contributed by atoms with van der Waals surface area (Å²) in [5, 5.41) is 12.4. The van der Waals surface area contributed by atoms with Gasteiger partial charge in [-0.25, -0.2) is 0 Å². The summed E-state index contributed by atoms with van der Waals surface area (Å²) in [4.78, 5) is 0. The van der Waals surface area contributed by atoms with Crippen LogP contribution in [0.1, 0.15) is 61.8 Å². The number of hydrogen-bond acceptors (Lipinski definition) is 1. The van der Waals surface area contributed by atoms with E-state index in [4.69, 9.17) is 0 Å².